The lowest BCUT2D eigenvalue weighted by molar-refractivity contribution is -0.119. The number of rotatable bonds is 7. The predicted molar refractivity (Wildman–Crippen MR) is 79.7 cm³/mol. The maximum atomic E-state index is 11.9. The van der Waals surface area contributed by atoms with Crippen molar-refractivity contribution >= 4 is 17.6 Å². The summed E-state index contributed by atoms with van der Waals surface area (Å²) >= 11 is 0. The van der Waals surface area contributed by atoms with E-state index in [1.54, 1.807) is 24.3 Å². The number of anilines is 1. The molecule has 0 fully saturated rings. The molecule has 20 heavy (non-hydrogen) atoms. The average Bonchev–Trinajstić information content (AvgIpc) is 2.45. The van der Waals surface area contributed by atoms with Crippen molar-refractivity contribution in [3.8, 4) is 0 Å². The van der Waals surface area contributed by atoms with E-state index in [1.165, 1.54) is 0 Å². The lowest BCUT2D eigenvalue weighted by Crippen LogP contribution is -2.20. The Hall–Kier alpha value is -1.84. The number of carbonyl (C=O) groups excluding carboxylic acids is 2. The van der Waals surface area contributed by atoms with E-state index in [0.29, 0.717) is 17.9 Å². The first-order valence-corrected chi connectivity index (χ1v) is 7.16. The highest BCUT2D eigenvalue weighted by molar-refractivity contribution is 5.94. The van der Waals surface area contributed by atoms with Crippen molar-refractivity contribution in [2.75, 3.05) is 11.9 Å². The number of hydrogen-bond donors (Lipinski definition) is 1. The molecule has 1 amide bonds. The van der Waals surface area contributed by atoms with Crippen LogP contribution in [0.15, 0.2) is 24.3 Å². The molecule has 0 aliphatic rings. The van der Waals surface area contributed by atoms with E-state index in [1.807, 2.05) is 13.8 Å². The van der Waals surface area contributed by atoms with Crippen molar-refractivity contribution in [3.05, 3.63) is 29.8 Å². The molecule has 0 spiro atoms. The number of ether oxygens (including phenoxy) is 1. The van der Waals surface area contributed by atoms with Gasteiger partial charge in [-0.2, -0.15) is 0 Å². The van der Waals surface area contributed by atoms with Crippen LogP contribution in [0.25, 0.3) is 0 Å². The van der Waals surface area contributed by atoms with Crippen LogP contribution >= 0.6 is 0 Å². The summed E-state index contributed by atoms with van der Waals surface area (Å²) in [4.78, 5) is 23.5. The van der Waals surface area contributed by atoms with Crippen molar-refractivity contribution in [3.63, 3.8) is 0 Å². The molecule has 1 atom stereocenters. The van der Waals surface area contributed by atoms with Crippen LogP contribution in [0.4, 0.5) is 5.69 Å². The molecule has 1 aromatic carbocycles. The molecule has 0 saturated heterocycles. The molecule has 0 aliphatic heterocycles. The summed E-state index contributed by atoms with van der Waals surface area (Å²) in [6, 6.07) is 6.77. The highest BCUT2D eigenvalue weighted by atomic mass is 16.5. The molecule has 0 bridgehead atoms. The third-order valence-corrected chi connectivity index (χ3v) is 2.99. The molecule has 1 aromatic rings. The lowest BCUT2D eigenvalue weighted by Gasteiger charge is -2.11. The molecule has 0 saturated carbocycles. The van der Waals surface area contributed by atoms with E-state index in [9.17, 15) is 9.59 Å². The van der Waals surface area contributed by atoms with E-state index in [2.05, 4.69) is 12.2 Å². The molecule has 1 unspecified atom stereocenters. The van der Waals surface area contributed by atoms with Crippen LogP contribution in [0.3, 0.4) is 0 Å². The van der Waals surface area contributed by atoms with E-state index in [4.69, 9.17) is 4.74 Å². The Morgan fingerprint density at radius 1 is 1.15 bits per heavy atom. The minimum absolute atomic E-state index is 0.00537. The molecule has 0 aromatic heterocycles. The lowest BCUT2D eigenvalue weighted by atomic mass is 10.1. The first-order chi connectivity index (χ1) is 9.58. The Morgan fingerprint density at radius 3 is 2.35 bits per heavy atom. The number of esters is 1. The number of nitrogens with one attached hydrogen (secondary N) is 1. The monoisotopic (exact) mass is 277 g/mol. The summed E-state index contributed by atoms with van der Waals surface area (Å²) in [6.45, 7) is 6.34. The minimum atomic E-state index is -0.330. The van der Waals surface area contributed by atoms with Gasteiger partial charge in [0.25, 0.3) is 0 Å². The Kier molecular flexibility index (Phi) is 6.77. The van der Waals surface area contributed by atoms with Crippen LogP contribution < -0.4 is 5.32 Å². The molecular formula is C16H23NO3. The summed E-state index contributed by atoms with van der Waals surface area (Å²) in [7, 11) is 0. The van der Waals surface area contributed by atoms with Crippen LogP contribution in [-0.4, -0.2) is 18.5 Å². The van der Waals surface area contributed by atoms with E-state index in [-0.39, 0.29) is 17.8 Å². The molecule has 4 heteroatoms. The second-order valence-electron chi connectivity index (χ2n) is 4.89. The van der Waals surface area contributed by atoms with Gasteiger partial charge in [0.15, 0.2) is 0 Å². The van der Waals surface area contributed by atoms with E-state index in [0.717, 1.165) is 19.3 Å². The van der Waals surface area contributed by atoms with E-state index < -0.39 is 0 Å². The Labute approximate surface area is 120 Å². The quantitative estimate of drug-likeness (QED) is 0.774. The minimum Gasteiger partial charge on any atom is -0.462 e. The summed E-state index contributed by atoms with van der Waals surface area (Å²) in [6.07, 6.45) is 2.65. The largest absolute Gasteiger partial charge is 0.462 e. The maximum absolute atomic E-state index is 11.9. The predicted octanol–water partition coefficient (Wildman–Crippen LogP) is 3.63. The fourth-order valence-electron chi connectivity index (χ4n) is 1.80. The maximum Gasteiger partial charge on any atom is 0.338 e. The number of hydrogen-bond acceptors (Lipinski definition) is 3. The van der Waals surface area contributed by atoms with Crippen LogP contribution in [0.2, 0.25) is 0 Å². The number of benzene rings is 1. The zero-order valence-corrected chi connectivity index (χ0v) is 12.4. The van der Waals surface area contributed by atoms with Crippen LogP contribution in [0.5, 0.6) is 0 Å². The molecule has 4 nitrogen and oxygen atoms in total. The van der Waals surface area contributed by atoms with Gasteiger partial charge in [-0.1, -0.05) is 27.2 Å². The van der Waals surface area contributed by atoms with Crippen molar-refractivity contribution < 1.29 is 14.3 Å². The fraction of sp³-hybridized carbons (Fsp3) is 0.500. The average molecular weight is 277 g/mol. The molecule has 0 heterocycles. The summed E-state index contributed by atoms with van der Waals surface area (Å²) in [5.74, 6) is -0.327. The van der Waals surface area contributed by atoms with Gasteiger partial charge in [0.2, 0.25) is 5.91 Å². The Bertz CT molecular complexity index is 440. The van der Waals surface area contributed by atoms with Gasteiger partial charge < -0.3 is 10.1 Å². The normalized spacial score (nSPS) is 11.8. The van der Waals surface area contributed by atoms with Crippen molar-refractivity contribution in [2.45, 2.75) is 40.0 Å². The topological polar surface area (TPSA) is 55.4 Å². The van der Waals surface area contributed by atoms with Gasteiger partial charge in [0, 0.05) is 11.6 Å². The van der Waals surface area contributed by atoms with Gasteiger partial charge in [-0.05, 0) is 37.1 Å². The second-order valence-corrected chi connectivity index (χ2v) is 4.89. The smallest absolute Gasteiger partial charge is 0.338 e. The van der Waals surface area contributed by atoms with Crippen LogP contribution in [0, 0.1) is 5.92 Å². The molecule has 1 rings (SSSR count). The molecule has 1 N–H and O–H groups in total. The first kappa shape index (κ1) is 16.2. The van der Waals surface area contributed by atoms with Gasteiger partial charge in [-0.25, -0.2) is 4.79 Å². The summed E-state index contributed by atoms with van der Waals surface area (Å²) < 4.78 is 5.04. The number of amides is 1. The van der Waals surface area contributed by atoms with Gasteiger partial charge in [0.05, 0.1) is 12.2 Å². The molecule has 0 radical (unpaired) electrons. The zero-order valence-electron chi connectivity index (χ0n) is 12.4. The van der Waals surface area contributed by atoms with Gasteiger partial charge in [-0.3, -0.25) is 4.79 Å². The van der Waals surface area contributed by atoms with Crippen LogP contribution in [0.1, 0.15) is 50.4 Å². The molecular weight excluding hydrogens is 254 g/mol. The first-order valence-electron chi connectivity index (χ1n) is 7.16. The Balaban J connectivity index is 2.58. The summed E-state index contributed by atoms with van der Waals surface area (Å²) in [5, 5.41) is 2.84. The Morgan fingerprint density at radius 2 is 1.80 bits per heavy atom. The van der Waals surface area contributed by atoms with Crippen LogP contribution in [-0.2, 0) is 9.53 Å². The van der Waals surface area contributed by atoms with Crippen molar-refractivity contribution in [1.82, 2.24) is 0 Å². The summed E-state index contributed by atoms with van der Waals surface area (Å²) in [5.41, 5.74) is 1.20. The molecule has 110 valence electrons. The van der Waals surface area contributed by atoms with Gasteiger partial charge >= 0.3 is 5.97 Å². The van der Waals surface area contributed by atoms with Gasteiger partial charge in [-0.15, -0.1) is 0 Å². The number of carbonyl (C=O) groups is 2. The van der Waals surface area contributed by atoms with Crippen molar-refractivity contribution in [2.24, 2.45) is 5.92 Å². The fourth-order valence-corrected chi connectivity index (χ4v) is 1.80. The SMILES string of the molecule is CCCOC(=O)c1ccc(NC(=O)C(C)CCC)cc1. The standard InChI is InChI=1S/C16H23NO3/c1-4-6-12(3)15(18)17-14-9-7-13(8-10-14)16(19)20-11-5-2/h7-10,12H,4-6,11H2,1-3H3,(H,17,18). The second kappa shape index (κ2) is 8.35. The third-order valence-electron chi connectivity index (χ3n) is 2.99. The third kappa shape index (κ3) is 5.03. The van der Waals surface area contributed by atoms with Gasteiger partial charge in [0.1, 0.15) is 0 Å². The zero-order chi connectivity index (χ0) is 15.0. The molecule has 0 aliphatic carbocycles. The highest BCUT2D eigenvalue weighted by Gasteiger charge is 2.12. The van der Waals surface area contributed by atoms with Crippen molar-refractivity contribution in [1.29, 1.82) is 0 Å². The highest BCUT2D eigenvalue weighted by Crippen LogP contribution is 2.13. The van der Waals surface area contributed by atoms with E-state index >= 15 is 0 Å².